The van der Waals surface area contributed by atoms with Gasteiger partial charge in [0.2, 0.25) is 0 Å². The Bertz CT molecular complexity index is 864. The minimum atomic E-state index is 0.106. The molecule has 0 saturated carbocycles. The largest absolute Gasteiger partial charge is 0.289 e. The SMILES string of the molecule is O=C1c2ccccc2Cc2cc(Cl)c3ccccc3c21. The fourth-order valence-corrected chi connectivity index (χ4v) is 3.33. The van der Waals surface area contributed by atoms with E-state index < -0.39 is 0 Å². The molecule has 0 heterocycles. The summed E-state index contributed by atoms with van der Waals surface area (Å²) in [6.45, 7) is 0. The highest BCUT2D eigenvalue weighted by Crippen LogP contribution is 2.35. The molecule has 1 nitrogen and oxygen atoms in total. The maximum absolute atomic E-state index is 12.8. The Labute approximate surface area is 121 Å². The molecule has 96 valence electrons. The topological polar surface area (TPSA) is 17.1 Å². The molecule has 3 aromatic rings. The molecule has 20 heavy (non-hydrogen) atoms. The average molecular weight is 279 g/mol. The van der Waals surface area contributed by atoms with Gasteiger partial charge in [0.15, 0.2) is 5.78 Å². The Balaban J connectivity index is 2.09. The Morgan fingerprint density at radius 2 is 1.55 bits per heavy atom. The number of hydrogen-bond donors (Lipinski definition) is 0. The highest BCUT2D eigenvalue weighted by atomic mass is 35.5. The van der Waals surface area contributed by atoms with Crippen LogP contribution in [0.2, 0.25) is 5.02 Å². The lowest BCUT2D eigenvalue weighted by atomic mass is 9.82. The summed E-state index contributed by atoms with van der Waals surface area (Å²) >= 11 is 6.36. The molecule has 0 N–H and O–H groups in total. The van der Waals surface area contributed by atoms with Gasteiger partial charge in [0.1, 0.15) is 0 Å². The molecule has 4 rings (SSSR count). The number of carbonyl (C=O) groups is 1. The Morgan fingerprint density at radius 1 is 0.850 bits per heavy atom. The zero-order valence-electron chi connectivity index (χ0n) is 10.7. The van der Waals surface area contributed by atoms with Crippen molar-refractivity contribution in [2.75, 3.05) is 0 Å². The van der Waals surface area contributed by atoms with Crippen LogP contribution in [0.3, 0.4) is 0 Å². The quantitative estimate of drug-likeness (QED) is 0.458. The summed E-state index contributed by atoms with van der Waals surface area (Å²) in [5, 5.41) is 2.61. The maximum atomic E-state index is 12.8. The van der Waals surface area contributed by atoms with Crippen molar-refractivity contribution in [3.05, 3.63) is 81.9 Å². The molecule has 0 saturated heterocycles. The molecule has 0 bridgehead atoms. The molecule has 0 aromatic heterocycles. The third kappa shape index (κ3) is 1.53. The van der Waals surface area contributed by atoms with Crippen molar-refractivity contribution in [1.29, 1.82) is 0 Å². The Morgan fingerprint density at radius 3 is 2.40 bits per heavy atom. The highest BCUT2D eigenvalue weighted by Gasteiger charge is 2.25. The van der Waals surface area contributed by atoms with Crippen molar-refractivity contribution in [2.24, 2.45) is 0 Å². The van der Waals surface area contributed by atoms with Crippen LogP contribution in [0.4, 0.5) is 0 Å². The van der Waals surface area contributed by atoms with Gasteiger partial charge in [0.25, 0.3) is 0 Å². The second-order valence-corrected chi connectivity index (χ2v) is 5.51. The minimum Gasteiger partial charge on any atom is -0.289 e. The molecule has 0 spiro atoms. The number of carbonyl (C=O) groups excluding carboxylic acids is 1. The van der Waals surface area contributed by atoms with Gasteiger partial charge < -0.3 is 0 Å². The van der Waals surface area contributed by atoms with E-state index in [2.05, 4.69) is 0 Å². The monoisotopic (exact) mass is 278 g/mol. The molecule has 0 aliphatic heterocycles. The predicted molar refractivity (Wildman–Crippen MR) is 81.6 cm³/mol. The lowest BCUT2D eigenvalue weighted by Gasteiger charge is -2.20. The van der Waals surface area contributed by atoms with E-state index in [0.29, 0.717) is 5.02 Å². The van der Waals surface area contributed by atoms with Crippen LogP contribution in [0.15, 0.2) is 54.6 Å². The van der Waals surface area contributed by atoms with Gasteiger partial charge in [-0.1, -0.05) is 60.1 Å². The molecule has 1 aliphatic carbocycles. The molecule has 1 aliphatic rings. The van der Waals surface area contributed by atoms with E-state index in [1.807, 2.05) is 54.6 Å². The fourth-order valence-electron chi connectivity index (χ4n) is 3.03. The second-order valence-electron chi connectivity index (χ2n) is 5.10. The van der Waals surface area contributed by atoms with Crippen LogP contribution in [0.25, 0.3) is 10.8 Å². The second kappa shape index (κ2) is 4.19. The van der Waals surface area contributed by atoms with E-state index in [1.54, 1.807) is 0 Å². The van der Waals surface area contributed by atoms with Crippen LogP contribution in [0.1, 0.15) is 27.0 Å². The van der Waals surface area contributed by atoms with Crippen molar-refractivity contribution in [3.63, 3.8) is 0 Å². The van der Waals surface area contributed by atoms with Crippen molar-refractivity contribution >= 4 is 28.2 Å². The van der Waals surface area contributed by atoms with Crippen molar-refractivity contribution in [2.45, 2.75) is 6.42 Å². The number of ketones is 1. The molecule has 3 aromatic carbocycles. The van der Waals surface area contributed by atoms with Gasteiger partial charge >= 0.3 is 0 Å². The lowest BCUT2D eigenvalue weighted by molar-refractivity contribution is 0.103. The van der Waals surface area contributed by atoms with Crippen LogP contribution in [0, 0.1) is 0 Å². The average Bonchev–Trinajstić information content (AvgIpc) is 2.47. The number of hydrogen-bond acceptors (Lipinski definition) is 1. The summed E-state index contributed by atoms with van der Waals surface area (Å²) in [6.07, 6.45) is 0.766. The highest BCUT2D eigenvalue weighted by molar-refractivity contribution is 6.37. The molecule has 0 unspecified atom stereocenters. The first-order chi connectivity index (χ1) is 9.75. The summed E-state index contributed by atoms with van der Waals surface area (Å²) in [5.41, 5.74) is 3.73. The van der Waals surface area contributed by atoms with Crippen LogP contribution in [-0.2, 0) is 6.42 Å². The van der Waals surface area contributed by atoms with E-state index in [0.717, 1.165) is 39.4 Å². The first-order valence-electron chi connectivity index (χ1n) is 6.58. The van der Waals surface area contributed by atoms with Gasteiger partial charge in [-0.3, -0.25) is 4.79 Å². The summed E-state index contributed by atoms with van der Waals surface area (Å²) < 4.78 is 0. The van der Waals surface area contributed by atoms with Crippen molar-refractivity contribution < 1.29 is 4.79 Å². The van der Waals surface area contributed by atoms with E-state index in [1.165, 1.54) is 0 Å². The molecule has 0 radical (unpaired) electrons. The number of rotatable bonds is 0. The van der Waals surface area contributed by atoms with Crippen LogP contribution >= 0.6 is 11.6 Å². The Hall–Kier alpha value is -2.12. The smallest absolute Gasteiger partial charge is 0.194 e. The van der Waals surface area contributed by atoms with Crippen LogP contribution < -0.4 is 0 Å². The van der Waals surface area contributed by atoms with Gasteiger partial charge in [0.05, 0.1) is 0 Å². The zero-order valence-corrected chi connectivity index (χ0v) is 11.4. The molecule has 0 fully saturated rings. The van der Waals surface area contributed by atoms with Gasteiger partial charge in [0, 0.05) is 21.5 Å². The van der Waals surface area contributed by atoms with E-state index >= 15 is 0 Å². The molecular weight excluding hydrogens is 268 g/mol. The molecular formula is C18H11ClO. The van der Waals surface area contributed by atoms with Gasteiger partial charge in [-0.05, 0) is 29.0 Å². The first-order valence-corrected chi connectivity index (χ1v) is 6.96. The zero-order chi connectivity index (χ0) is 13.7. The van der Waals surface area contributed by atoms with Gasteiger partial charge in [-0.15, -0.1) is 0 Å². The first kappa shape index (κ1) is 11.7. The maximum Gasteiger partial charge on any atom is 0.194 e. The lowest BCUT2D eigenvalue weighted by Crippen LogP contribution is -2.15. The Kier molecular flexibility index (Phi) is 2.45. The summed E-state index contributed by atoms with van der Waals surface area (Å²) in [4.78, 5) is 12.8. The van der Waals surface area contributed by atoms with Crippen molar-refractivity contribution in [3.8, 4) is 0 Å². The molecule has 2 heteroatoms. The van der Waals surface area contributed by atoms with Crippen molar-refractivity contribution in [1.82, 2.24) is 0 Å². The standard InChI is InChI=1S/C18H11ClO/c19-16-10-12-9-11-5-1-2-6-13(11)18(20)17(12)15-8-4-3-7-14(15)16/h1-8,10H,9H2. The fraction of sp³-hybridized carbons (Fsp3) is 0.0556. The third-order valence-corrected chi connectivity index (χ3v) is 4.26. The number of fused-ring (bicyclic) bond motifs is 4. The summed E-state index contributed by atoms with van der Waals surface area (Å²) in [6, 6.07) is 17.6. The van der Waals surface area contributed by atoms with E-state index in [-0.39, 0.29) is 5.78 Å². The third-order valence-electron chi connectivity index (χ3n) is 3.95. The summed E-state index contributed by atoms with van der Waals surface area (Å²) in [5.74, 6) is 0.106. The van der Waals surface area contributed by atoms with Crippen LogP contribution in [0.5, 0.6) is 0 Å². The summed E-state index contributed by atoms with van der Waals surface area (Å²) in [7, 11) is 0. The number of benzene rings is 3. The molecule has 0 amide bonds. The number of halogens is 1. The van der Waals surface area contributed by atoms with Crippen LogP contribution in [-0.4, -0.2) is 5.78 Å². The molecule has 0 atom stereocenters. The minimum absolute atomic E-state index is 0.106. The van der Waals surface area contributed by atoms with E-state index in [4.69, 9.17) is 11.6 Å². The normalized spacial score (nSPS) is 13.2. The van der Waals surface area contributed by atoms with Gasteiger partial charge in [-0.25, -0.2) is 0 Å². The predicted octanol–water partition coefficient (Wildman–Crippen LogP) is 4.63. The van der Waals surface area contributed by atoms with E-state index in [9.17, 15) is 4.79 Å². The van der Waals surface area contributed by atoms with Gasteiger partial charge in [-0.2, -0.15) is 0 Å².